The molecule has 0 aromatic rings. The van der Waals surface area contributed by atoms with Gasteiger partial charge in [0.15, 0.2) is 69.2 Å². The number of rotatable bonds is 33. The van der Waals surface area contributed by atoms with Crippen LogP contribution in [0.3, 0.4) is 0 Å². The third kappa shape index (κ3) is 23.5. The molecule has 11 fully saturated rings. The van der Waals surface area contributed by atoms with E-state index in [1.807, 2.05) is 0 Å². The van der Waals surface area contributed by atoms with E-state index in [2.05, 4.69) is 21.3 Å². The topological polar surface area (TPSA) is 897 Å². The monoisotopic (exact) mass is 1930 g/mol. The predicted octanol–water partition coefficient (Wildman–Crippen LogP) is -22.3. The Hall–Kier alpha value is -4.12. The van der Waals surface area contributed by atoms with E-state index in [4.69, 9.17) is 99.5 Å². The summed E-state index contributed by atoms with van der Waals surface area (Å²) in [6, 6.07) is -7.96. The Morgan fingerprint density at radius 2 is 0.470 bits per heavy atom. The maximum atomic E-state index is 13.4. The molecule has 11 rings (SSSR count). The first-order valence-electron chi connectivity index (χ1n) is 42.4. The number of aliphatic hydroxyl groups is 29. The molecule has 0 unspecified atom stereocenters. The highest BCUT2D eigenvalue weighted by Gasteiger charge is 2.63. The lowest BCUT2D eigenvalue weighted by Gasteiger charge is -2.51. The lowest BCUT2D eigenvalue weighted by atomic mass is 9.93. The fourth-order valence-electron chi connectivity index (χ4n) is 17.3. The maximum absolute atomic E-state index is 13.4. The van der Waals surface area contributed by atoms with Gasteiger partial charge in [0.2, 0.25) is 23.6 Å². The van der Waals surface area contributed by atoms with Gasteiger partial charge in [-0.05, 0) is 13.8 Å². The first kappa shape index (κ1) is 108. The van der Waals surface area contributed by atoms with E-state index in [9.17, 15) is 167 Å². The Bertz CT molecular complexity index is 3610. The summed E-state index contributed by atoms with van der Waals surface area (Å²) >= 11 is 0. The number of aliphatic hydroxyl groups excluding tert-OH is 29. The Morgan fingerprint density at radius 1 is 0.212 bits per heavy atom. The average Bonchev–Trinajstić information content (AvgIpc) is 0.761. The van der Waals surface area contributed by atoms with E-state index in [-0.39, 0.29) is 0 Å². The molecule has 11 aliphatic heterocycles. The number of carbonyl (C=O) groups excluding carboxylic acids is 4. The van der Waals surface area contributed by atoms with Crippen LogP contribution < -0.4 is 21.3 Å². The zero-order valence-corrected chi connectivity index (χ0v) is 71.3. The number of nitrogens with one attached hydrogen (secondary N) is 4. The van der Waals surface area contributed by atoms with Crippen molar-refractivity contribution >= 4 is 23.6 Å². The van der Waals surface area contributed by atoms with Crippen molar-refractivity contribution in [3.05, 3.63) is 0 Å². The number of carbonyl (C=O) groups is 4. The van der Waals surface area contributed by atoms with Crippen LogP contribution in [0.2, 0.25) is 0 Å². The Balaban J connectivity index is 0.915. The molecule has 0 aromatic heterocycles. The second-order valence-electron chi connectivity index (χ2n) is 33.7. The van der Waals surface area contributed by atoms with E-state index < -0.39 is 421 Å². The largest absolute Gasteiger partial charge is 0.394 e. The van der Waals surface area contributed by atoms with Crippen LogP contribution in [0.4, 0.5) is 0 Å². The lowest BCUT2D eigenvalue weighted by molar-refractivity contribution is -0.400. The zero-order chi connectivity index (χ0) is 97.1. The minimum absolute atomic E-state index is 0.866. The minimum Gasteiger partial charge on any atom is -0.394 e. The molecule has 55 atom stereocenters. The van der Waals surface area contributed by atoms with Gasteiger partial charge >= 0.3 is 0 Å². The number of ether oxygens (including phenoxy) is 21. The molecule has 764 valence electrons. The smallest absolute Gasteiger partial charge is 0.217 e. The molecule has 11 saturated heterocycles. The molecule has 0 saturated carbocycles. The Morgan fingerprint density at radius 3 is 0.871 bits per heavy atom. The fraction of sp³-hybridized carbons (Fsp3) is 0.946. The summed E-state index contributed by atoms with van der Waals surface area (Å²) in [5.41, 5.74) is 0. The van der Waals surface area contributed by atoms with Gasteiger partial charge in [0, 0.05) is 27.7 Å². The van der Waals surface area contributed by atoms with Gasteiger partial charge in [-0.15, -0.1) is 0 Å². The van der Waals surface area contributed by atoms with Crippen molar-refractivity contribution in [3.8, 4) is 0 Å². The van der Waals surface area contributed by atoms with Crippen LogP contribution in [-0.4, -0.2) is 569 Å². The summed E-state index contributed by atoms with van der Waals surface area (Å²) in [7, 11) is 0. The normalized spacial score (nSPS) is 50.4. The zero-order valence-electron chi connectivity index (χ0n) is 71.3. The molecule has 4 amide bonds. The first-order chi connectivity index (χ1) is 62.4. The Kier molecular flexibility index (Phi) is 38.5. The van der Waals surface area contributed by atoms with Gasteiger partial charge in [-0.3, -0.25) is 19.2 Å². The quantitative estimate of drug-likeness (QED) is 0.0290. The molecule has 11 heterocycles. The minimum atomic E-state index is -2.60. The van der Waals surface area contributed by atoms with E-state index in [0.717, 1.165) is 27.7 Å². The molecule has 33 N–H and O–H groups in total. The van der Waals surface area contributed by atoms with Gasteiger partial charge in [0.1, 0.15) is 256 Å². The Labute approximate surface area is 748 Å². The van der Waals surface area contributed by atoms with Gasteiger partial charge in [-0.1, -0.05) is 0 Å². The maximum Gasteiger partial charge on any atom is 0.217 e. The van der Waals surface area contributed by atoms with Gasteiger partial charge < -0.3 is 269 Å². The lowest BCUT2D eigenvalue weighted by Crippen LogP contribution is -2.71. The molecule has 0 aliphatic carbocycles. The van der Waals surface area contributed by atoms with Crippen molar-refractivity contribution < 1.29 is 267 Å². The van der Waals surface area contributed by atoms with E-state index >= 15 is 0 Å². The van der Waals surface area contributed by atoms with Crippen LogP contribution >= 0.6 is 0 Å². The summed E-state index contributed by atoms with van der Waals surface area (Å²) in [4.78, 5) is 52.6. The predicted molar refractivity (Wildman–Crippen MR) is 406 cm³/mol. The molecule has 58 nitrogen and oxygen atoms in total. The second kappa shape index (κ2) is 47.0. The molecule has 0 spiro atoms. The van der Waals surface area contributed by atoms with Gasteiger partial charge in [0.05, 0.1) is 71.7 Å². The molecule has 0 radical (unpaired) electrons. The van der Waals surface area contributed by atoms with Crippen LogP contribution in [0.15, 0.2) is 0 Å². The van der Waals surface area contributed by atoms with E-state index in [1.165, 1.54) is 13.8 Å². The van der Waals surface area contributed by atoms with Crippen LogP contribution in [-0.2, 0) is 119 Å². The highest BCUT2D eigenvalue weighted by Crippen LogP contribution is 2.42. The molecule has 132 heavy (non-hydrogen) atoms. The van der Waals surface area contributed by atoms with Crippen LogP contribution in [0.25, 0.3) is 0 Å². The average molecular weight is 1930 g/mol. The van der Waals surface area contributed by atoms with Crippen LogP contribution in [0, 0.1) is 0 Å². The van der Waals surface area contributed by atoms with Crippen molar-refractivity contribution in [2.24, 2.45) is 0 Å². The van der Waals surface area contributed by atoms with Crippen molar-refractivity contribution in [1.29, 1.82) is 0 Å². The number of hydrogen-bond donors (Lipinski definition) is 33. The highest BCUT2D eigenvalue weighted by atomic mass is 16.8. The van der Waals surface area contributed by atoms with Crippen LogP contribution in [0.1, 0.15) is 41.5 Å². The summed E-state index contributed by atoms with van der Waals surface area (Å²) in [5, 5.41) is 335. The standard InChI is InChI=1S/C74H124N4O54/c1-16-35(91)46(102)51(107)69(113-16)131-62-48(104)38(94)23(8-80)118-73(62)126-57-29(14-86)122-68(34(45(57)101)78-21(6)90)129-60-41(97)30(123-72(54(60)110)124-55-28(13-85)121-67(33(44(55)100)77-20(5)89)128-59-39(95)24(9-81)117-71(53(59)109)125-58-26(11-83)115-64(111)50(106)49(58)105)15-112-65-32(76-19(4)88)43(99)56(27(12-84)120-65)127-74-63(132-70-52(108)47(103)36(92)17(2)114-70)61(40(96)25(10-82)119-74)130-66-31(75-18(3)87)42(98)37(93)22(7-79)116-66/h16-17,22-74,79-86,91-111H,7-15H2,1-6H3,(H,75,87)(H,76,88)(H,77,89)(H,78,90)/t16-,17-,22+,23+,24+,25+,26+,27+,28+,29+,30+,31+,32+,33+,34+,35+,36+,37-,38-,39-,40-,41-,42+,43+,44+,45+,46+,47+,48-,49+,50+,51-,52-,53+,54+,55+,56+,57+,58+,59-,60-,61-,62+,63+,64+,65+,66+,67-,68-,69-,70-,71-,72-,73-,74-/m0/s1. The molecule has 0 bridgehead atoms. The van der Waals surface area contributed by atoms with E-state index in [1.54, 1.807) is 0 Å². The van der Waals surface area contributed by atoms with E-state index in [0.29, 0.717) is 0 Å². The van der Waals surface area contributed by atoms with Gasteiger partial charge in [-0.2, -0.15) is 0 Å². The SMILES string of the molecule is CC(=O)N[C@H]1[C@H](O[C@H]2[C@@H](O)[C@@H](CO)O[C@@H](O[C@H]3[C@H](O)[C@@H](O)[C@H](O)O[C@@H]3CO)[C@@H]2O)O[C@H](CO)[C@@H](O[C@@H]2O[C@H](CO[C@@H]3O[C@H](CO)[C@@H](O[C@@H]4O[C@H](CO)[C@H](O)[C@H](O[C@H]5O[C@H](CO)[C@H](O)[C@H](O)[C@H]5NC(C)=O)[C@H]4O[C@@H]4O[C@@H](C)[C@@H](O)[C@@H](O)[C@@H]4O)[C@H](O)[C@H]3NC(C)=O)[C@H](O)[C@H](O[C@@H]3O[C@H](CO)[C@@H](O[C@@H]4O[C@H](CO)[C@H](O)[C@H](O)[C@H]4O[C@@H]4O[C@@H](C)[C@@H](O)[C@@H](O)[C@@H]4O)[C@H](O)[C@H]3NC(C)=O)[C@H]2O)[C@@H]1O. The summed E-state index contributed by atoms with van der Waals surface area (Å²) < 4.78 is 126. The van der Waals surface area contributed by atoms with Crippen LogP contribution in [0.5, 0.6) is 0 Å². The molecule has 0 aromatic carbocycles. The van der Waals surface area contributed by atoms with Crippen molar-refractivity contribution in [2.75, 3.05) is 59.5 Å². The second-order valence-corrected chi connectivity index (χ2v) is 33.7. The number of hydrogen-bond acceptors (Lipinski definition) is 54. The fourth-order valence-corrected chi connectivity index (χ4v) is 17.3. The van der Waals surface area contributed by atoms with Crippen molar-refractivity contribution in [2.45, 2.75) is 379 Å². The first-order valence-corrected chi connectivity index (χ1v) is 42.4. The van der Waals surface area contributed by atoms with Crippen molar-refractivity contribution in [1.82, 2.24) is 21.3 Å². The molecular weight excluding hydrogens is 1810 g/mol. The van der Waals surface area contributed by atoms with Gasteiger partial charge in [-0.25, -0.2) is 0 Å². The molecule has 11 aliphatic rings. The highest BCUT2D eigenvalue weighted by molar-refractivity contribution is 5.74. The summed E-state index contributed by atoms with van der Waals surface area (Å²) in [5.74, 6) is -3.93. The van der Waals surface area contributed by atoms with Crippen molar-refractivity contribution in [3.63, 3.8) is 0 Å². The molecule has 58 heteroatoms. The van der Waals surface area contributed by atoms with Gasteiger partial charge in [0.25, 0.3) is 0 Å². The number of amides is 4. The molecular formula is C74H124N4O54. The summed E-state index contributed by atoms with van der Waals surface area (Å²) in [6.07, 6.45) is -106. The summed E-state index contributed by atoms with van der Waals surface area (Å²) in [6.45, 7) is -4.19. The third-order valence-corrected chi connectivity index (χ3v) is 24.5. The third-order valence-electron chi connectivity index (χ3n) is 24.5.